The minimum atomic E-state index is 0.697. The van der Waals surface area contributed by atoms with Crippen molar-refractivity contribution in [2.45, 2.75) is 12.8 Å². The van der Waals surface area contributed by atoms with E-state index in [0.717, 1.165) is 49.6 Å². The van der Waals surface area contributed by atoms with Crippen LogP contribution >= 0.6 is 0 Å². The van der Waals surface area contributed by atoms with Gasteiger partial charge in [-0.05, 0) is 60.4 Å². The molecule has 0 bridgehead atoms. The van der Waals surface area contributed by atoms with Gasteiger partial charge in [0.05, 0.1) is 0 Å². The number of nitrogens with zero attached hydrogens (tertiary/aromatic N) is 1. The fourth-order valence-corrected chi connectivity index (χ4v) is 2.87. The predicted molar refractivity (Wildman–Crippen MR) is 91.1 cm³/mol. The normalized spacial score (nSPS) is 15.1. The summed E-state index contributed by atoms with van der Waals surface area (Å²) in [5, 5.41) is 0. The van der Waals surface area contributed by atoms with Crippen molar-refractivity contribution in [3.63, 3.8) is 0 Å². The van der Waals surface area contributed by atoms with Gasteiger partial charge in [-0.3, -0.25) is 4.90 Å². The van der Waals surface area contributed by atoms with E-state index in [2.05, 4.69) is 17.0 Å². The van der Waals surface area contributed by atoms with Gasteiger partial charge in [0.1, 0.15) is 12.4 Å². The van der Waals surface area contributed by atoms with Gasteiger partial charge in [-0.1, -0.05) is 6.07 Å². The van der Waals surface area contributed by atoms with Gasteiger partial charge in [-0.2, -0.15) is 0 Å². The second-order valence-electron chi connectivity index (χ2n) is 5.79. The molecule has 0 radical (unpaired) electrons. The topological polar surface area (TPSA) is 64.5 Å². The minimum Gasteiger partial charge on any atom is -0.492 e. The van der Waals surface area contributed by atoms with Crippen LogP contribution < -0.4 is 16.2 Å². The van der Waals surface area contributed by atoms with Crippen molar-refractivity contribution in [2.24, 2.45) is 0 Å². The third-order valence-electron chi connectivity index (χ3n) is 4.18. The molecule has 0 saturated heterocycles. The molecule has 1 aliphatic heterocycles. The van der Waals surface area contributed by atoms with Crippen LogP contribution in [0.4, 0.5) is 11.4 Å². The van der Waals surface area contributed by atoms with Gasteiger partial charge < -0.3 is 16.2 Å². The zero-order chi connectivity index (χ0) is 15.4. The van der Waals surface area contributed by atoms with E-state index in [1.807, 2.05) is 30.3 Å². The Morgan fingerprint density at radius 1 is 0.864 bits per heavy atom. The molecule has 4 heteroatoms. The van der Waals surface area contributed by atoms with E-state index in [1.54, 1.807) is 0 Å². The van der Waals surface area contributed by atoms with Crippen LogP contribution in [0, 0.1) is 0 Å². The quantitative estimate of drug-likeness (QED) is 0.850. The fourth-order valence-electron chi connectivity index (χ4n) is 2.87. The monoisotopic (exact) mass is 297 g/mol. The number of benzene rings is 2. The van der Waals surface area contributed by atoms with E-state index in [1.165, 1.54) is 11.1 Å². The molecule has 0 spiro atoms. The van der Waals surface area contributed by atoms with Crippen LogP contribution in [0.3, 0.4) is 0 Å². The van der Waals surface area contributed by atoms with E-state index in [-0.39, 0.29) is 0 Å². The maximum Gasteiger partial charge on any atom is 0.119 e. The van der Waals surface area contributed by atoms with Crippen LogP contribution in [0.15, 0.2) is 42.5 Å². The molecule has 3 rings (SSSR count). The second kappa shape index (κ2) is 6.71. The average Bonchev–Trinajstić information content (AvgIpc) is 2.72. The van der Waals surface area contributed by atoms with Crippen LogP contribution in [-0.4, -0.2) is 31.1 Å². The number of hydrogen-bond donors (Lipinski definition) is 2. The Balaban J connectivity index is 1.49. The summed E-state index contributed by atoms with van der Waals surface area (Å²) < 4.78 is 5.78. The standard InChI is InChI=1S/C18H23N3O/c19-16-3-5-18(6-4-16)22-12-11-21-9-7-14-1-2-17(20)13-15(14)8-10-21/h1-6,13H,7-12,19-20H2. The highest BCUT2D eigenvalue weighted by atomic mass is 16.5. The van der Waals surface area contributed by atoms with Crippen LogP contribution in [0.25, 0.3) is 0 Å². The van der Waals surface area contributed by atoms with E-state index in [4.69, 9.17) is 16.2 Å². The first kappa shape index (κ1) is 14.7. The van der Waals surface area contributed by atoms with Gasteiger partial charge >= 0.3 is 0 Å². The van der Waals surface area contributed by atoms with Gasteiger partial charge in [-0.15, -0.1) is 0 Å². The summed E-state index contributed by atoms with van der Waals surface area (Å²) in [5.41, 5.74) is 16.0. The summed E-state index contributed by atoms with van der Waals surface area (Å²) in [6, 6.07) is 13.8. The van der Waals surface area contributed by atoms with Crippen molar-refractivity contribution >= 4 is 11.4 Å². The molecule has 22 heavy (non-hydrogen) atoms. The summed E-state index contributed by atoms with van der Waals surface area (Å²) in [5.74, 6) is 0.875. The number of nitrogen functional groups attached to an aromatic ring is 2. The highest BCUT2D eigenvalue weighted by Crippen LogP contribution is 2.19. The molecule has 0 aliphatic carbocycles. The summed E-state index contributed by atoms with van der Waals surface area (Å²) in [6.45, 7) is 3.76. The number of hydrogen-bond acceptors (Lipinski definition) is 4. The minimum absolute atomic E-state index is 0.697. The molecule has 0 atom stereocenters. The molecule has 0 amide bonds. The van der Waals surface area contributed by atoms with E-state index in [0.29, 0.717) is 6.61 Å². The molecule has 1 aliphatic rings. The van der Waals surface area contributed by atoms with Gasteiger partial charge in [0.15, 0.2) is 0 Å². The van der Waals surface area contributed by atoms with E-state index < -0.39 is 0 Å². The third kappa shape index (κ3) is 3.71. The maximum atomic E-state index is 5.88. The molecule has 116 valence electrons. The molecular weight excluding hydrogens is 274 g/mol. The van der Waals surface area contributed by atoms with E-state index >= 15 is 0 Å². The largest absolute Gasteiger partial charge is 0.492 e. The number of nitrogens with two attached hydrogens (primary N) is 2. The van der Waals surface area contributed by atoms with Crippen molar-refractivity contribution in [1.29, 1.82) is 0 Å². The molecule has 0 unspecified atom stereocenters. The van der Waals surface area contributed by atoms with Crippen molar-refractivity contribution in [3.05, 3.63) is 53.6 Å². The lowest BCUT2D eigenvalue weighted by molar-refractivity contribution is 0.215. The van der Waals surface area contributed by atoms with Crippen molar-refractivity contribution in [3.8, 4) is 5.75 Å². The third-order valence-corrected chi connectivity index (χ3v) is 4.18. The molecule has 0 fully saturated rings. The van der Waals surface area contributed by atoms with Crippen molar-refractivity contribution < 1.29 is 4.74 Å². The zero-order valence-corrected chi connectivity index (χ0v) is 12.8. The number of ether oxygens (including phenoxy) is 1. The van der Waals surface area contributed by atoms with Crippen molar-refractivity contribution in [2.75, 3.05) is 37.7 Å². The van der Waals surface area contributed by atoms with Crippen LogP contribution in [0.1, 0.15) is 11.1 Å². The van der Waals surface area contributed by atoms with Crippen LogP contribution in [0.2, 0.25) is 0 Å². The Morgan fingerprint density at radius 2 is 1.55 bits per heavy atom. The fraction of sp³-hybridized carbons (Fsp3) is 0.333. The summed E-state index contributed by atoms with van der Waals surface area (Å²) in [6.07, 6.45) is 2.14. The summed E-state index contributed by atoms with van der Waals surface area (Å²) in [4.78, 5) is 2.45. The number of anilines is 2. The van der Waals surface area contributed by atoms with Gasteiger partial charge in [-0.25, -0.2) is 0 Å². The summed E-state index contributed by atoms with van der Waals surface area (Å²) >= 11 is 0. The van der Waals surface area contributed by atoms with Gasteiger partial charge in [0.2, 0.25) is 0 Å². The Kier molecular flexibility index (Phi) is 4.49. The Morgan fingerprint density at radius 3 is 2.32 bits per heavy atom. The molecule has 0 saturated carbocycles. The smallest absolute Gasteiger partial charge is 0.119 e. The SMILES string of the molecule is Nc1ccc(OCCN2CCc3ccc(N)cc3CC2)cc1. The first-order chi connectivity index (χ1) is 10.7. The predicted octanol–water partition coefficient (Wildman–Crippen LogP) is 2.33. The lowest BCUT2D eigenvalue weighted by atomic mass is 10.0. The lowest BCUT2D eigenvalue weighted by Gasteiger charge is -2.19. The number of fused-ring (bicyclic) bond motifs is 1. The van der Waals surface area contributed by atoms with Gasteiger partial charge in [0.25, 0.3) is 0 Å². The average molecular weight is 297 g/mol. The molecule has 1 heterocycles. The summed E-state index contributed by atoms with van der Waals surface area (Å²) in [7, 11) is 0. The molecule has 0 aromatic heterocycles. The first-order valence-electron chi connectivity index (χ1n) is 7.79. The first-order valence-corrected chi connectivity index (χ1v) is 7.79. The molecule has 2 aromatic carbocycles. The van der Waals surface area contributed by atoms with Crippen molar-refractivity contribution in [1.82, 2.24) is 4.90 Å². The zero-order valence-electron chi connectivity index (χ0n) is 12.8. The maximum absolute atomic E-state index is 5.88. The highest BCUT2D eigenvalue weighted by Gasteiger charge is 2.13. The highest BCUT2D eigenvalue weighted by molar-refractivity contribution is 5.45. The molecule has 4 nitrogen and oxygen atoms in total. The Labute approximate surface area is 131 Å². The lowest BCUT2D eigenvalue weighted by Crippen LogP contribution is -2.30. The van der Waals surface area contributed by atoms with Crippen LogP contribution in [0.5, 0.6) is 5.75 Å². The van der Waals surface area contributed by atoms with Crippen LogP contribution in [-0.2, 0) is 12.8 Å². The molecule has 2 aromatic rings. The molecular formula is C18H23N3O. The second-order valence-corrected chi connectivity index (χ2v) is 5.79. The molecule has 4 N–H and O–H groups in total. The Bertz CT molecular complexity index is 625. The number of rotatable bonds is 4. The van der Waals surface area contributed by atoms with E-state index in [9.17, 15) is 0 Å². The Hall–Kier alpha value is -2.20. The van der Waals surface area contributed by atoms with Gasteiger partial charge in [0, 0.05) is 31.0 Å².